The monoisotopic (exact) mass is 536 g/mol. The average molecular weight is 537 g/mol. The van der Waals surface area contributed by atoms with E-state index in [0.717, 1.165) is 33.8 Å². The lowest BCUT2D eigenvalue weighted by Crippen LogP contribution is -2.27. The van der Waals surface area contributed by atoms with E-state index in [1.807, 2.05) is 47.4 Å². The molecule has 2 heterocycles. The Labute approximate surface area is 233 Å². The van der Waals surface area contributed by atoms with Gasteiger partial charge in [-0.2, -0.15) is 5.10 Å². The van der Waals surface area contributed by atoms with Crippen LogP contribution < -0.4 is 5.43 Å². The first-order chi connectivity index (χ1) is 18.8. The normalized spacial score (nSPS) is 15.3. The molecule has 2 amide bonds. The van der Waals surface area contributed by atoms with Gasteiger partial charge in [-0.25, -0.2) is 5.43 Å². The van der Waals surface area contributed by atoms with Crippen molar-refractivity contribution >= 4 is 29.8 Å². The maximum absolute atomic E-state index is 12.8. The molecular formula is C32H32N4O2S. The van der Waals surface area contributed by atoms with E-state index in [-0.39, 0.29) is 17.2 Å². The average Bonchev–Trinajstić information content (AvgIpc) is 3.42. The fourth-order valence-electron chi connectivity index (χ4n) is 5.05. The van der Waals surface area contributed by atoms with Crippen molar-refractivity contribution in [1.29, 1.82) is 0 Å². The van der Waals surface area contributed by atoms with Crippen molar-refractivity contribution in [3.05, 3.63) is 124 Å². The lowest BCUT2D eigenvalue weighted by atomic mass is 10.1. The minimum Gasteiger partial charge on any atom is -0.322 e. The number of aromatic nitrogens is 1. The molecule has 1 fully saturated rings. The van der Waals surface area contributed by atoms with Crippen LogP contribution in [0.3, 0.4) is 0 Å². The number of carbonyl (C=O) groups is 2. The smallest absolute Gasteiger partial charge is 0.271 e. The Morgan fingerprint density at radius 3 is 2.46 bits per heavy atom. The molecule has 0 radical (unpaired) electrons. The molecule has 1 aliphatic rings. The first-order valence-electron chi connectivity index (χ1n) is 13.0. The highest BCUT2D eigenvalue weighted by Crippen LogP contribution is 2.39. The number of aryl methyl sites for hydroxylation is 3. The number of carbonyl (C=O) groups excluding carboxylic acids is 2. The van der Waals surface area contributed by atoms with Crippen LogP contribution in [0.25, 0.3) is 5.69 Å². The number of rotatable bonds is 7. The number of nitrogens with one attached hydrogen (secondary N) is 1. The quantitative estimate of drug-likeness (QED) is 0.224. The van der Waals surface area contributed by atoms with Gasteiger partial charge in [0.15, 0.2) is 0 Å². The van der Waals surface area contributed by atoms with E-state index in [4.69, 9.17) is 0 Å². The number of hydrogen-bond acceptors (Lipinski definition) is 4. The minimum absolute atomic E-state index is 0.0692. The summed E-state index contributed by atoms with van der Waals surface area (Å²) >= 11 is 1.61. The zero-order valence-corrected chi connectivity index (χ0v) is 23.5. The van der Waals surface area contributed by atoms with Gasteiger partial charge in [0.2, 0.25) is 5.91 Å². The van der Waals surface area contributed by atoms with Crippen LogP contribution in [-0.2, 0) is 11.3 Å². The van der Waals surface area contributed by atoms with Crippen molar-refractivity contribution in [2.24, 2.45) is 5.10 Å². The van der Waals surface area contributed by atoms with Crippen LogP contribution in [0.5, 0.6) is 0 Å². The fraction of sp³-hybridized carbons (Fsp3) is 0.219. The number of benzene rings is 3. The number of nitrogens with zero attached hydrogens (tertiary/aromatic N) is 3. The summed E-state index contributed by atoms with van der Waals surface area (Å²) in [7, 11) is 0. The van der Waals surface area contributed by atoms with E-state index in [0.29, 0.717) is 17.9 Å². The number of hydrazone groups is 1. The van der Waals surface area contributed by atoms with Crippen molar-refractivity contribution in [2.75, 3.05) is 5.75 Å². The van der Waals surface area contributed by atoms with Crippen molar-refractivity contribution < 1.29 is 9.59 Å². The molecular weight excluding hydrogens is 504 g/mol. The summed E-state index contributed by atoms with van der Waals surface area (Å²) in [5.74, 6) is 0.303. The summed E-state index contributed by atoms with van der Waals surface area (Å²) in [4.78, 5) is 27.2. The first-order valence-corrected chi connectivity index (χ1v) is 14.0. The lowest BCUT2D eigenvalue weighted by Gasteiger charge is -2.24. The molecule has 1 saturated heterocycles. The topological polar surface area (TPSA) is 66.7 Å². The van der Waals surface area contributed by atoms with E-state index >= 15 is 0 Å². The van der Waals surface area contributed by atoms with Crippen molar-refractivity contribution in [3.8, 4) is 5.69 Å². The van der Waals surface area contributed by atoms with Crippen molar-refractivity contribution in [1.82, 2.24) is 14.9 Å². The molecule has 0 saturated carbocycles. The first kappa shape index (κ1) is 26.5. The van der Waals surface area contributed by atoms with Gasteiger partial charge < -0.3 is 9.47 Å². The molecule has 6 nitrogen and oxygen atoms in total. The maximum Gasteiger partial charge on any atom is 0.271 e. The molecule has 39 heavy (non-hydrogen) atoms. The summed E-state index contributed by atoms with van der Waals surface area (Å²) in [5, 5.41) is 4.17. The molecule has 5 rings (SSSR count). The van der Waals surface area contributed by atoms with Gasteiger partial charge in [0.1, 0.15) is 5.37 Å². The summed E-state index contributed by atoms with van der Waals surface area (Å²) in [6.45, 7) is 8.90. The fourth-order valence-corrected chi connectivity index (χ4v) is 6.24. The van der Waals surface area contributed by atoms with Crippen LogP contribution in [0.15, 0.2) is 84.0 Å². The van der Waals surface area contributed by atoms with Crippen LogP contribution >= 0.6 is 11.8 Å². The Balaban J connectivity index is 1.25. The van der Waals surface area contributed by atoms with Gasteiger partial charge in [-0.3, -0.25) is 9.59 Å². The highest BCUT2D eigenvalue weighted by atomic mass is 32.2. The highest BCUT2D eigenvalue weighted by Gasteiger charge is 2.32. The second kappa shape index (κ2) is 11.3. The molecule has 7 heteroatoms. The zero-order chi connectivity index (χ0) is 27.5. The molecule has 1 N–H and O–H groups in total. The van der Waals surface area contributed by atoms with Crippen LogP contribution in [-0.4, -0.2) is 33.2 Å². The molecule has 1 aromatic heterocycles. The van der Waals surface area contributed by atoms with Gasteiger partial charge in [-0.1, -0.05) is 60.2 Å². The maximum atomic E-state index is 12.8. The molecule has 0 bridgehead atoms. The van der Waals surface area contributed by atoms with Gasteiger partial charge >= 0.3 is 0 Å². The largest absolute Gasteiger partial charge is 0.322 e. The van der Waals surface area contributed by atoms with E-state index in [1.165, 1.54) is 11.1 Å². The molecule has 1 aliphatic heterocycles. The Hall–Kier alpha value is -4.10. The molecule has 1 atom stereocenters. The Kier molecular flexibility index (Phi) is 7.70. The van der Waals surface area contributed by atoms with E-state index in [1.54, 1.807) is 30.1 Å². The Morgan fingerprint density at radius 1 is 1.00 bits per heavy atom. The third-order valence-electron chi connectivity index (χ3n) is 7.06. The zero-order valence-electron chi connectivity index (χ0n) is 22.6. The van der Waals surface area contributed by atoms with Gasteiger partial charge in [0.25, 0.3) is 5.91 Å². The summed E-state index contributed by atoms with van der Waals surface area (Å²) in [6.07, 6.45) is 1.69. The van der Waals surface area contributed by atoms with Gasteiger partial charge in [0, 0.05) is 34.7 Å². The number of thioether (sulfide) groups is 1. The molecule has 0 aliphatic carbocycles. The van der Waals surface area contributed by atoms with Crippen molar-refractivity contribution in [2.45, 2.75) is 39.6 Å². The third kappa shape index (κ3) is 5.68. The number of hydrogen-bond donors (Lipinski definition) is 1. The second-order valence-electron chi connectivity index (χ2n) is 9.94. The highest BCUT2D eigenvalue weighted by molar-refractivity contribution is 8.00. The summed E-state index contributed by atoms with van der Waals surface area (Å²) in [6, 6.07) is 25.9. The van der Waals surface area contributed by atoms with Crippen LogP contribution in [0.2, 0.25) is 0 Å². The minimum atomic E-state index is -0.280. The third-order valence-corrected chi connectivity index (χ3v) is 8.31. The molecule has 198 valence electrons. The molecule has 3 aromatic carbocycles. The van der Waals surface area contributed by atoms with Crippen LogP contribution in [0.1, 0.15) is 54.9 Å². The SMILES string of the molecule is Cc1ccc(-n2c(C)cc(/C=N\NC(=O)c3ccc([C@@H]4SCC(=O)N4Cc4ccccc4)cc3)c2C)c(C)c1. The lowest BCUT2D eigenvalue weighted by molar-refractivity contribution is -0.128. The standard InChI is InChI=1S/C32H32N4O2S/c1-21-10-15-29(22(2)16-21)36-23(3)17-28(24(36)4)18-33-34-31(38)26-11-13-27(14-12-26)32-35(30(37)20-39-32)19-25-8-6-5-7-9-25/h5-18,32H,19-20H2,1-4H3,(H,34,38)/b33-18-/t32-/m0/s1. The van der Waals surface area contributed by atoms with Gasteiger partial charge in [0.05, 0.1) is 12.0 Å². The summed E-state index contributed by atoms with van der Waals surface area (Å²) in [5.41, 5.74) is 12.0. The van der Waals surface area contributed by atoms with Crippen LogP contribution in [0, 0.1) is 27.7 Å². The van der Waals surface area contributed by atoms with E-state index < -0.39 is 0 Å². The predicted octanol–water partition coefficient (Wildman–Crippen LogP) is 6.25. The molecule has 0 unspecified atom stereocenters. The molecule has 4 aromatic rings. The van der Waals surface area contributed by atoms with Gasteiger partial charge in [-0.15, -0.1) is 11.8 Å². The molecule has 0 spiro atoms. The Morgan fingerprint density at radius 2 is 1.74 bits per heavy atom. The number of amides is 2. The second-order valence-corrected chi connectivity index (χ2v) is 11.0. The van der Waals surface area contributed by atoms with Crippen molar-refractivity contribution in [3.63, 3.8) is 0 Å². The predicted molar refractivity (Wildman–Crippen MR) is 158 cm³/mol. The summed E-state index contributed by atoms with van der Waals surface area (Å²) < 4.78 is 2.21. The Bertz CT molecular complexity index is 1540. The van der Waals surface area contributed by atoms with E-state index in [9.17, 15) is 9.59 Å². The van der Waals surface area contributed by atoms with Gasteiger partial charge in [-0.05, 0) is 68.7 Å². The van der Waals surface area contributed by atoms with Crippen LogP contribution in [0.4, 0.5) is 0 Å². The van der Waals surface area contributed by atoms with E-state index in [2.05, 4.69) is 67.1 Å².